The van der Waals surface area contributed by atoms with Crippen molar-refractivity contribution in [1.82, 2.24) is 14.9 Å². The van der Waals surface area contributed by atoms with Gasteiger partial charge >= 0.3 is 0 Å². The summed E-state index contributed by atoms with van der Waals surface area (Å²) >= 11 is 0. The van der Waals surface area contributed by atoms with Gasteiger partial charge in [-0.3, -0.25) is 4.79 Å². The molecular weight excluding hydrogens is 330 g/mol. The molecule has 0 aromatic carbocycles. The van der Waals surface area contributed by atoms with Crippen molar-refractivity contribution in [3.63, 3.8) is 0 Å². The minimum absolute atomic E-state index is 0. The number of hydrogen-bond donors (Lipinski definition) is 2. The van der Waals surface area contributed by atoms with E-state index in [1.54, 1.807) is 6.92 Å². The molecule has 9 heteroatoms. The van der Waals surface area contributed by atoms with Crippen molar-refractivity contribution >= 4 is 28.3 Å². The van der Waals surface area contributed by atoms with Crippen LogP contribution in [0.5, 0.6) is 0 Å². The first-order valence-electron chi connectivity index (χ1n) is 6.87. The summed E-state index contributed by atoms with van der Waals surface area (Å²) in [6.07, 6.45) is 2.14. The summed E-state index contributed by atoms with van der Waals surface area (Å²) in [6.45, 7) is 3.08. The van der Waals surface area contributed by atoms with Crippen molar-refractivity contribution < 1.29 is 17.6 Å². The van der Waals surface area contributed by atoms with Gasteiger partial charge in [-0.2, -0.15) is 0 Å². The zero-order valence-electron chi connectivity index (χ0n) is 12.9. The number of hydrogen-bond acceptors (Lipinski definition) is 5. The lowest BCUT2D eigenvalue weighted by molar-refractivity contribution is 0.0949. The van der Waals surface area contributed by atoms with Crippen LogP contribution in [0, 0.1) is 6.92 Å². The second-order valence-corrected chi connectivity index (χ2v) is 7.41. The van der Waals surface area contributed by atoms with E-state index < -0.39 is 10.0 Å². The summed E-state index contributed by atoms with van der Waals surface area (Å²) in [4.78, 5) is 12.1. The molecule has 1 aromatic rings. The van der Waals surface area contributed by atoms with Gasteiger partial charge in [0.15, 0.2) is 0 Å². The number of carbonyl (C=O) groups is 1. The number of aryl methyl sites for hydroxylation is 1. The van der Waals surface area contributed by atoms with Crippen LogP contribution in [0.15, 0.2) is 15.6 Å². The highest BCUT2D eigenvalue weighted by Crippen LogP contribution is 2.21. The molecule has 2 heterocycles. The van der Waals surface area contributed by atoms with Crippen molar-refractivity contribution in [3.05, 3.63) is 17.4 Å². The Morgan fingerprint density at radius 1 is 1.50 bits per heavy atom. The summed E-state index contributed by atoms with van der Waals surface area (Å²) in [6, 6.07) is 1.56. The van der Waals surface area contributed by atoms with Gasteiger partial charge in [0, 0.05) is 32.7 Å². The van der Waals surface area contributed by atoms with Crippen LogP contribution in [0.25, 0.3) is 0 Å². The number of sulfonamides is 1. The molecule has 1 unspecified atom stereocenters. The van der Waals surface area contributed by atoms with E-state index in [1.165, 1.54) is 20.2 Å². The molecule has 1 aromatic heterocycles. The van der Waals surface area contributed by atoms with Gasteiger partial charge in [0.05, 0.1) is 5.56 Å². The van der Waals surface area contributed by atoms with Crippen LogP contribution in [0.3, 0.4) is 0 Å². The Morgan fingerprint density at radius 2 is 2.18 bits per heavy atom. The molecule has 1 aliphatic heterocycles. The molecule has 2 N–H and O–H groups in total. The molecule has 22 heavy (non-hydrogen) atoms. The predicted octanol–water partition coefficient (Wildman–Crippen LogP) is 0.742. The highest BCUT2D eigenvalue weighted by Gasteiger charge is 2.26. The van der Waals surface area contributed by atoms with Gasteiger partial charge in [-0.15, -0.1) is 12.4 Å². The van der Waals surface area contributed by atoms with Crippen LogP contribution in [0.2, 0.25) is 0 Å². The quantitative estimate of drug-likeness (QED) is 0.816. The summed E-state index contributed by atoms with van der Waals surface area (Å²) in [5, 5.41) is 5.87. The highest BCUT2D eigenvalue weighted by atomic mass is 35.5. The Hall–Kier alpha value is -1.09. The van der Waals surface area contributed by atoms with Crippen LogP contribution < -0.4 is 10.6 Å². The third-order valence-electron chi connectivity index (χ3n) is 3.55. The fourth-order valence-corrected chi connectivity index (χ4v) is 3.09. The predicted molar refractivity (Wildman–Crippen MR) is 84.9 cm³/mol. The SMILES string of the molecule is Cc1oc(S(=O)(=O)N(C)C)cc1C(=O)NCC1CCCN1.Cl. The number of carbonyl (C=O) groups excluding carboxylic acids is 1. The van der Waals surface area contributed by atoms with Gasteiger partial charge in [0.1, 0.15) is 5.76 Å². The maximum atomic E-state index is 12.1. The van der Waals surface area contributed by atoms with Crippen LogP contribution in [0.4, 0.5) is 0 Å². The summed E-state index contributed by atoms with van der Waals surface area (Å²) < 4.78 is 30.2. The maximum Gasteiger partial charge on any atom is 0.275 e. The summed E-state index contributed by atoms with van der Waals surface area (Å²) in [7, 11) is -0.838. The van der Waals surface area contributed by atoms with Gasteiger partial charge in [0.25, 0.3) is 15.9 Å². The maximum absolute atomic E-state index is 12.1. The summed E-state index contributed by atoms with van der Waals surface area (Å²) in [5.41, 5.74) is 0.258. The summed E-state index contributed by atoms with van der Waals surface area (Å²) in [5.74, 6) is -0.0162. The van der Waals surface area contributed by atoms with Crippen LogP contribution in [0.1, 0.15) is 29.0 Å². The first-order valence-corrected chi connectivity index (χ1v) is 8.31. The number of nitrogens with zero attached hydrogens (tertiary/aromatic N) is 1. The topological polar surface area (TPSA) is 91.7 Å². The lowest BCUT2D eigenvalue weighted by atomic mass is 10.2. The lowest BCUT2D eigenvalue weighted by Crippen LogP contribution is -2.37. The zero-order chi connectivity index (χ0) is 15.6. The van der Waals surface area contributed by atoms with E-state index in [1.807, 2.05) is 0 Å². The number of nitrogens with one attached hydrogen (secondary N) is 2. The van der Waals surface area contributed by atoms with E-state index in [2.05, 4.69) is 10.6 Å². The van der Waals surface area contributed by atoms with Gasteiger partial charge in [-0.25, -0.2) is 12.7 Å². The minimum Gasteiger partial charge on any atom is -0.448 e. The Kier molecular flexibility index (Phi) is 6.42. The molecule has 0 radical (unpaired) electrons. The number of rotatable bonds is 5. The minimum atomic E-state index is -3.67. The Balaban J connectivity index is 0.00000242. The highest BCUT2D eigenvalue weighted by molar-refractivity contribution is 7.88. The van der Waals surface area contributed by atoms with Crippen molar-refractivity contribution in [2.75, 3.05) is 27.2 Å². The Morgan fingerprint density at radius 3 is 2.73 bits per heavy atom. The molecule has 1 fully saturated rings. The number of amides is 1. The second kappa shape index (κ2) is 7.45. The van der Waals surface area contributed by atoms with Crippen LogP contribution >= 0.6 is 12.4 Å². The molecule has 0 saturated carbocycles. The van der Waals surface area contributed by atoms with Gasteiger partial charge in [0.2, 0.25) is 5.09 Å². The zero-order valence-corrected chi connectivity index (χ0v) is 14.5. The third-order valence-corrected chi connectivity index (χ3v) is 5.22. The smallest absolute Gasteiger partial charge is 0.275 e. The lowest BCUT2D eigenvalue weighted by Gasteiger charge is -2.10. The Labute approximate surface area is 136 Å². The van der Waals surface area contributed by atoms with Crippen LogP contribution in [-0.4, -0.2) is 51.9 Å². The number of furan rings is 1. The van der Waals surface area contributed by atoms with Crippen molar-refractivity contribution in [2.24, 2.45) is 0 Å². The van der Waals surface area contributed by atoms with E-state index in [-0.39, 0.29) is 35.0 Å². The van der Waals surface area contributed by atoms with E-state index in [0.29, 0.717) is 12.3 Å². The van der Waals surface area contributed by atoms with E-state index in [9.17, 15) is 13.2 Å². The van der Waals surface area contributed by atoms with E-state index >= 15 is 0 Å². The monoisotopic (exact) mass is 351 g/mol. The molecule has 0 spiro atoms. The molecule has 126 valence electrons. The van der Waals surface area contributed by atoms with Gasteiger partial charge in [-0.1, -0.05) is 0 Å². The molecule has 0 bridgehead atoms. The van der Waals surface area contributed by atoms with Crippen molar-refractivity contribution in [1.29, 1.82) is 0 Å². The molecule has 2 rings (SSSR count). The second-order valence-electron chi connectivity index (χ2n) is 5.33. The van der Waals surface area contributed by atoms with Crippen molar-refractivity contribution in [3.8, 4) is 0 Å². The van der Waals surface area contributed by atoms with Gasteiger partial charge < -0.3 is 15.1 Å². The molecule has 0 aliphatic carbocycles. The molecule has 1 atom stereocenters. The molecule has 1 amide bonds. The van der Waals surface area contributed by atoms with E-state index in [4.69, 9.17) is 4.42 Å². The first kappa shape index (κ1) is 19.0. The van der Waals surface area contributed by atoms with Crippen LogP contribution in [-0.2, 0) is 10.0 Å². The third kappa shape index (κ3) is 4.01. The normalized spacial score (nSPS) is 18.3. The Bertz CT molecular complexity index is 621. The van der Waals surface area contributed by atoms with Gasteiger partial charge in [-0.05, 0) is 26.3 Å². The number of halogens is 1. The van der Waals surface area contributed by atoms with E-state index in [0.717, 1.165) is 23.7 Å². The fraction of sp³-hybridized carbons (Fsp3) is 0.615. The average molecular weight is 352 g/mol. The largest absolute Gasteiger partial charge is 0.448 e. The standard InChI is InChI=1S/C13H21N3O4S.ClH/c1-9-11(7-12(20-9)21(18,19)16(2)3)13(17)15-8-10-5-4-6-14-10;/h7,10,14H,4-6,8H2,1-3H3,(H,15,17);1H. The fourth-order valence-electron chi connectivity index (χ4n) is 2.23. The first-order chi connectivity index (χ1) is 9.82. The molecular formula is C13H22ClN3O4S. The molecule has 1 aliphatic rings. The molecule has 7 nitrogen and oxygen atoms in total. The van der Waals surface area contributed by atoms with Crippen molar-refractivity contribution in [2.45, 2.75) is 30.9 Å². The molecule has 1 saturated heterocycles. The average Bonchev–Trinajstić information content (AvgIpc) is 3.05.